The molecule has 0 amide bonds. The Morgan fingerprint density at radius 2 is 1.86 bits per heavy atom. The normalized spacial score (nSPS) is 11.2. The number of rotatable bonds is 4. The number of alkyl halides is 3. The summed E-state index contributed by atoms with van der Waals surface area (Å²) >= 11 is 11.5. The smallest absolute Gasteiger partial charge is 0.416 e. The van der Waals surface area contributed by atoms with Crippen molar-refractivity contribution in [2.45, 2.75) is 19.5 Å². The summed E-state index contributed by atoms with van der Waals surface area (Å²) < 4.78 is 42.5. The summed E-state index contributed by atoms with van der Waals surface area (Å²) in [4.78, 5) is 11.3. The molecule has 0 unspecified atom stereocenters. The van der Waals surface area contributed by atoms with Gasteiger partial charge in [0.2, 0.25) is 0 Å². The largest absolute Gasteiger partial charge is 0.466 e. The molecular formula is C12H12Cl2F3N3O2. The van der Waals surface area contributed by atoms with Gasteiger partial charge in [-0.25, -0.2) is 5.84 Å². The van der Waals surface area contributed by atoms with Crippen molar-refractivity contribution < 1.29 is 22.7 Å². The molecule has 22 heavy (non-hydrogen) atoms. The molecule has 1 aromatic carbocycles. The Bertz CT molecular complexity index is 570. The van der Waals surface area contributed by atoms with Crippen molar-refractivity contribution >= 4 is 40.7 Å². The summed E-state index contributed by atoms with van der Waals surface area (Å²) in [6.07, 6.45) is -5.10. The van der Waals surface area contributed by atoms with E-state index in [0.717, 1.165) is 0 Å². The SMILES string of the molecule is CCOC(=O)CC(=N)N(N)c1c(Cl)cc(C(F)(F)F)cc1Cl. The van der Waals surface area contributed by atoms with Gasteiger partial charge in [-0.1, -0.05) is 23.2 Å². The average molecular weight is 358 g/mol. The third-order valence-electron chi connectivity index (χ3n) is 2.49. The van der Waals surface area contributed by atoms with E-state index in [0.29, 0.717) is 17.1 Å². The lowest BCUT2D eigenvalue weighted by Crippen LogP contribution is -2.39. The Balaban J connectivity index is 3.06. The molecule has 0 aliphatic carbocycles. The number of anilines is 1. The van der Waals surface area contributed by atoms with Gasteiger partial charge in [0.1, 0.15) is 12.3 Å². The van der Waals surface area contributed by atoms with Crippen molar-refractivity contribution in [2.24, 2.45) is 5.84 Å². The lowest BCUT2D eigenvalue weighted by Gasteiger charge is -2.22. The lowest BCUT2D eigenvalue weighted by atomic mass is 10.2. The highest BCUT2D eigenvalue weighted by molar-refractivity contribution is 6.40. The third-order valence-corrected chi connectivity index (χ3v) is 3.07. The van der Waals surface area contributed by atoms with Gasteiger partial charge < -0.3 is 4.74 Å². The average Bonchev–Trinajstić information content (AvgIpc) is 2.36. The standard InChI is InChI=1S/C12H12Cl2F3N3O2/c1-2-22-10(21)5-9(18)20(19)11-7(13)3-6(4-8(11)14)12(15,16)17/h3-4,18H,2,5,19H2,1H3. The molecule has 0 spiro atoms. The summed E-state index contributed by atoms with van der Waals surface area (Å²) in [6.45, 7) is 1.71. The molecule has 1 rings (SSSR count). The molecule has 0 saturated heterocycles. The molecule has 0 aliphatic heterocycles. The molecule has 0 aromatic heterocycles. The summed E-state index contributed by atoms with van der Waals surface area (Å²) in [5.41, 5.74) is -1.25. The number of hydrogen-bond donors (Lipinski definition) is 2. The fraction of sp³-hybridized carbons (Fsp3) is 0.333. The van der Waals surface area contributed by atoms with Gasteiger partial charge in [0.25, 0.3) is 0 Å². The number of nitrogens with zero attached hydrogens (tertiary/aromatic N) is 1. The number of nitrogens with one attached hydrogen (secondary N) is 1. The van der Waals surface area contributed by atoms with Gasteiger partial charge in [0.05, 0.1) is 27.9 Å². The summed E-state index contributed by atoms with van der Waals surface area (Å²) in [5, 5.41) is 7.53. The van der Waals surface area contributed by atoms with E-state index in [4.69, 9.17) is 34.5 Å². The van der Waals surface area contributed by atoms with Gasteiger partial charge in [-0.05, 0) is 19.1 Å². The van der Waals surface area contributed by atoms with Crippen LogP contribution in [0.25, 0.3) is 0 Å². The second-order valence-electron chi connectivity index (χ2n) is 4.08. The number of carbonyl (C=O) groups is 1. The van der Waals surface area contributed by atoms with Crippen molar-refractivity contribution in [1.29, 1.82) is 5.41 Å². The molecule has 0 heterocycles. The van der Waals surface area contributed by atoms with E-state index in [-0.39, 0.29) is 12.3 Å². The molecule has 10 heteroatoms. The monoisotopic (exact) mass is 357 g/mol. The number of carbonyl (C=O) groups excluding carboxylic acids is 1. The highest BCUT2D eigenvalue weighted by atomic mass is 35.5. The van der Waals surface area contributed by atoms with E-state index < -0.39 is 40.0 Å². The Morgan fingerprint density at radius 1 is 1.36 bits per heavy atom. The van der Waals surface area contributed by atoms with Crippen LogP contribution < -0.4 is 10.9 Å². The highest BCUT2D eigenvalue weighted by Gasteiger charge is 2.32. The first-order valence-electron chi connectivity index (χ1n) is 5.92. The number of esters is 1. The van der Waals surface area contributed by atoms with Crippen LogP contribution in [0.3, 0.4) is 0 Å². The highest BCUT2D eigenvalue weighted by Crippen LogP contribution is 2.39. The minimum Gasteiger partial charge on any atom is -0.466 e. The van der Waals surface area contributed by atoms with Gasteiger partial charge in [-0.15, -0.1) is 0 Å². The number of halogens is 5. The second kappa shape index (κ2) is 7.17. The Hall–Kier alpha value is -1.51. The zero-order valence-electron chi connectivity index (χ0n) is 11.3. The number of nitrogens with two attached hydrogens (primary N) is 1. The predicted molar refractivity (Wildman–Crippen MR) is 77.1 cm³/mol. The number of benzene rings is 1. The van der Waals surface area contributed by atoms with Crippen LogP contribution in [0.5, 0.6) is 0 Å². The Labute approximate surface area is 134 Å². The zero-order valence-corrected chi connectivity index (χ0v) is 12.8. The maximum atomic E-state index is 12.6. The molecular weight excluding hydrogens is 346 g/mol. The zero-order chi connectivity index (χ0) is 17.1. The van der Waals surface area contributed by atoms with E-state index >= 15 is 0 Å². The van der Waals surface area contributed by atoms with Gasteiger partial charge in [-0.3, -0.25) is 15.2 Å². The fourth-order valence-electron chi connectivity index (χ4n) is 1.53. The van der Waals surface area contributed by atoms with Crippen LogP contribution in [0.2, 0.25) is 10.0 Å². The summed E-state index contributed by atoms with van der Waals surface area (Å²) in [7, 11) is 0. The van der Waals surface area contributed by atoms with E-state index in [2.05, 4.69) is 4.74 Å². The minimum absolute atomic E-state index is 0.123. The van der Waals surface area contributed by atoms with Gasteiger partial charge in [0.15, 0.2) is 0 Å². The molecule has 0 fully saturated rings. The van der Waals surface area contributed by atoms with Gasteiger partial charge in [0, 0.05) is 0 Å². The second-order valence-corrected chi connectivity index (χ2v) is 4.90. The molecule has 0 radical (unpaired) electrons. The number of hydrogen-bond acceptors (Lipinski definition) is 4. The van der Waals surface area contributed by atoms with Crippen molar-refractivity contribution in [1.82, 2.24) is 0 Å². The molecule has 0 saturated carbocycles. The number of hydrazine groups is 1. The first-order valence-corrected chi connectivity index (χ1v) is 6.67. The van der Waals surface area contributed by atoms with Crippen LogP contribution in [-0.2, 0) is 15.7 Å². The number of ether oxygens (including phenoxy) is 1. The quantitative estimate of drug-likeness (QED) is 0.283. The Morgan fingerprint density at radius 3 is 2.27 bits per heavy atom. The maximum Gasteiger partial charge on any atom is 0.416 e. The van der Waals surface area contributed by atoms with Crippen LogP contribution >= 0.6 is 23.2 Å². The first-order chi connectivity index (χ1) is 10.1. The van der Waals surface area contributed by atoms with E-state index in [9.17, 15) is 18.0 Å². The van der Waals surface area contributed by atoms with Gasteiger partial charge >= 0.3 is 12.1 Å². The van der Waals surface area contributed by atoms with E-state index in [1.54, 1.807) is 6.92 Å². The topological polar surface area (TPSA) is 79.4 Å². The van der Waals surface area contributed by atoms with Crippen molar-refractivity contribution in [2.75, 3.05) is 11.6 Å². The molecule has 5 nitrogen and oxygen atoms in total. The first kappa shape index (κ1) is 18.5. The van der Waals surface area contributed by atoms with Crippen LogP contribution in [-0.4, -0.2) is 18.4 Å². The molecule has 122 valence electrons. The van der Waals surface area contributed by atoms with Gasteiger partial charge in [-0.2, -0.15) is 13.2 Å². The molecule has 0 bridgehead atoms. The van der Waals surface area contributed by atoms with Crippen molar-refractivity contribution in [3.8, 4) is 0 Å². The predicted octanol–water partition coefficient (Wildman–Crippen LogP) is 3.62. The fourth-order valence-corrected chi connectivity index (χ4v) is 2.20. The molecule has 3 N–H and O–H groups in total. The van der Waals surface area contributed by atoms with Crippen molar-refractivity contribution in [3.05, 3.63) is 27.7 Å². The molecule has 0 aliphatic rings. The minimum atomic E-state index is -4.62. The maximum absolute atomic E-state index is 12.6. The van der Waals surface area contributed by atoms with Crippen LogP contribution in [0.4, 0.5) is 18.9 Å². The summed E-state index contributed by atoms with van der Waals surface area (Å²) in [6, 6.07) is 1.28. The van der Waals surface area contributed by atoms with E-state index in [1.165, 1.54) is 0 Å². The lowest BCUT2D eigenvalue weighted by molar-refractivity contribution is -0.141. The summed E-state index contributed by atoms with van der Waals surface area (Å²) in [5.74, 6) is 4.46. The Kier molecular flexibility index (Phi) is 6.04. The van der Waals surface area contributed by atoms with Crippen molar-refractivity contribution in [3.63, 3.8) is 0 Å². The number of amidine groups is 1. The van der Waals surface area contributed by atoms with Crippen LogP contribution in [0.15, 0.2) is 12.1 Å². The third kappa shape index (κ3) is 4.49. The molecule has 1 aromatic rings. The van der Waals surface area contributed by atoms with E-state index in [1.807, 2.05) is 0 Å². The van der Waals surface area contributed by atoms with Crippen LogP contribution in [0, 0.1) is 5.41 Å². The molecule has 0 atom stereocenters. The van der Waals surface area contributed by atoms with Crippen LogP contribution in [0.1, 0.15) is 18.9 Å².